The lowest BCUT2D eigenvalue weighted by Gasteiger charge is -2.17. The Labute approximate surface area is 169 Å². The molecule has 28 heavy (non-hydrogen) atoms. The average molecular weight is 412 g/mol. The number of rotatable bonds is 6. The number of urea groups is 1. The zero-order valence-electron chi connectivity index (χ0n) is 17.4. The van der Waals surface area contributed by atoms with Gasteiger partial charge in [0.25, 0.3) is 5.91 Å². The molecule has 0 unspecified atom stereocenters. The number of imide groups is 1. The molecule has 1 aromatic rings. The van der Waals surface area contributed by atoms with E-state index >= 15 is 0 Å². The van der Waals surface area contributed by atoms with E-state index in [1.807, 2.05) is 20.8 Å². The van der Waals surface area contributed by atoms with Gasteiger partial charge in [0.15, 0.2) is 6.61 Å². The summed E-state index contributed by atoms with van der Waals surface area (Å²) >= 11 is 1.27. The fourth-order valence-corrected chi connectivity index (χ4v) is 3.00. The fourth-order valence-electron chi connectivity index (χ4n) is 1.96. The second kappa shape index (κ2) is 9.68. The van der Waals surface area contributed by atoms with E-state index < -0.39 is 29.9 Å². The normalized spacial score (nSPS) is 11.1. The molecule has 156 valence electrons. The van der Waals surface area contributed by atoms with Gasteiger partial charge in [0, 0.05) is 16.8 Å². The van der Waals surface area contributed by atoms with Gasteiger partial charge in [0.05, 0.1) is 5.56 Å². The van der Waals surface area contributed by atoms with Crippen molar-refractivity contribution in [1.29, 1.82) is 0 Å². The monoisotopic (exact) mass is 411 g/mol. The molecule has 0 bridgehead atoms. The van der Waals surface area contributed by atoms with Crippen molar-refractivity contribution in [3.63, 3.8) is 0 Å². The Hall–Kier alpha value is -2.42. The van der Waals surface area contributed by atoms with Crippen molar-refractivity contribution in [2.75, 3.05) is 18.5 Å². The molecule has 0 aliphatic heterocycles. The maximum atomic E-state index is 12.5. The summed E-state index contributed by atoms with van der Waals surface area (Å²) in [6.07, 6.45) is 0. The van der Waals surface area contributed by atoms with Gasteiger partial charge in [-0.15, -0.1) is 11.3 Å². The van der Waals surface area contributed by atoms with Gasteiger partial charge in [0.1, 0.15) is 5.00 Å². The van der Waals surface area contributed by atoms with Gasteiger partial charge in [-0.2, -0.15) is 0 Å². The van der Waals surface area contributed by atoms with Gasteiger partial charge in [-0.3, -0.25) is 14.9 Å². The topological polar surface area (TPSA) is 114 Å². The number of hydrogen-bond acceptors (Lipinski definition) is 6. The summed E-state index contributed by atoms with van der Waals surface area (Å²) in [6, 6.07) is -0.643. The zero-order chi connectivity index (χ0) is 21.6. The molecule has 4 amide bonds. The summed E-state index contributed by atoms with van der Waals surface area (Å²) in [5.74, 6) is -1.46. The number of anilines is 1. The molecule has 3 N–H and O–H groups in total. The quantitative estimate of drug-likeness (QED) is 0.623. The van der Waals surface area contributed by atoms with Crippen LogP contribution in [-0.4, -0.2) is 37.0 Å². The molecule has 0 saturated carbocycles. The number of ether oxygens (including phenoxy) is 1. The number of thiophene rings is 1. The highest BCUT2D eigenvalue weighted by atomic mass is 32.1. The SMILES string of the molecule is Cc1sc(NC(=O)C(C)(C)C)c(C(=O)OCC(=O)NC(=O)NCC(C)C)c1C. The van der Waals surface area contributed by atoms with E-state index in [-0.39, 0.29) is 17.4 Å². The van der Waals surface area contributed by atoms with Gasteiger partial charge >= 0.3 is 12.0 Å². The van der Waals surface area contributed by atoms with Crippen molar-refractivity contribution in [3.8, 4) is 0 Å². The summed E-state index contributed by atoms with van der Waals surface area (Å²) in [7, 11) is 0. The molecule has 0 fully saturated rings. The van der Waals surface area contributed by atoms with Crippen LogP contribution in [0.5, 0.6) is 0 Å². The van der Waals surface area contributed by atoms with Gasteiger partial charge in [-0.1, -0.05) is 34.6 Å². The summed E-state index contributed by atoms with van der Waals surface area (Å²) in [6.45, 7) is 12.5. The highest BCUT2D eigenvalue weighted by molar-refractivity contribution is 7.16. The summed E-state index contributed by atoms with van der Waals surface area (Å²) in [4.78, 5) is 49.0. The third-order valence-corrected chi connectivity index (χ3v) is 4.88. The van der Waals surface area contributed by atoms with E-state index in [1.165, 1.54) is 11.3 Å². The Morgan fingerprint density at radius 3 is 2.25 bits per heavy atom. The number of esters is 1. The number of carbonyl (C=O) groups excluding carboxylic acids is 4. The Morgan fingerprint density at radius 1 is 1.11 bits per heavy atom. The van der Waals surface area contributed by atoms with E-state index in [0.29, 0.717) is 17.1 Å². The molecule has 0 radical (unpaired) electrons. The van der Waals surface area contributed by atoms with Gasteiger partial charge in [-0.25, -0.2) is 9.59 Å². The molecule has 0 spiro atoms. The first-order valence-electron chi connectivity index (χ1n) is 8.99. The standard InChI is InChI=1S/C19H29N3O5S/c1-10(2)8-20-18(26)21-13(23)9-27-16(24)14-11(3)12(4)28-15(14)22-17(25)19(5,6)7/h10H,8-9H2,1-7H3,(H,22,25)(H2,20,21,23,26). The van der Waals surface area contributed by atoms with Gasteiger partial charge < -0.3 is 15.4 Å². The highest BCUT2D eigenvalue weighted by Gasteiger charge is 2.27. The van der Waals surface area contributed by atoms with Crippen molar-refractivity contribution in [1.82, 2.24) is 10.6 Å². The largest absolute Gasteiger partial charge is 0.452 e. The Kier molecular flexibility index (Phi) is 8.16. The van der Waals surface area contributed by atoms with Crippen LogP contribution in [0.3, 0.4) is 0 Å². The maximum Gasteiger partial charge on any atom is 0.341 e. The lowest BCUT2D eigenvalue weighted by molar-refractivity contribution is -0.123. The molecule has 8 nitrogen and oxygen atoms in total. The van der Waals surface area contributed by atoms with Crippen LogP contribution in [0.1, 0.15) is 55.4 Å². The minimum absolute atomic E-state index is 0.220. The predicted octanol–water partition coefficient (Wildman–Crippen LogP) is 2.99. The van der Waals surface area contributed by atoms with E-state index in [1.54, 1.807) is 27.7 Å². The van der Waals surface area contributed by atoms with Gasteiger partial charge in [0.2, 0.25) is 5.91 Å². The minimum atomic E-state index is -0.737. The Morgan fingerprint density at radius 2 is 1.71 bits per heavy atom. The predicted molar refractivity (Wildman–Crippen MR) is 109 cm³/mol. The minimum Gasteiger partial charge on any atom is -0.452 e. The Balaban J connectivity index is 2.75. The summed E-state index contributed by atoms with van der Waals surface area (Å²) in [5, 5.41) is 7.77. The van der Waals surface area contributed by atoms with E-state index in [2.05, 4.69) is 16.0 Å². The van der Waals surface area contributed by atoms with Crippen molar-refractivity contribution in [3.05, 3.63) is 16.0 Å². The second-order valence-corrected chi connectivity index (χ2v) is 9.14. The third-order valence-electron chi connectivity index (χ3n) is 3.76. The first kappa shape index (κ1) is 23.6. The van der Waals surface area contributed by atoms with Crippen LogP contribution in [-0.2, 0) is 14.3 Å². The molecule has 0 aliphatic carbocycles. The number of carbonyl (C=O) groups is 4. The van der Waals surface area contributed by atoms with Crippen LogP contribution in [0.25, 0.3) is 0 Å². The van der Waals surface area contributed by atoms with E-state index in [4.69, 9.17) is 4.74 Å². The molecule has 0 saturated heterocycles. The maximum absolute atomic E-state index is 12.5. The second-order valence-electron chi connectivity index (χ2n) is 7.92. The van der Waals surface area contributed by atoms with E-state index in [9.17, 15) is 19.2 Å². The molecule has 1 rings (SSSR count). The molecular formula is C19H29N3O5S. The lowest BCUT2D eigenvalue weighted by atomic mass is 9.96. The molecule has 0 atom stereocenters. The zero-order valence-corrected chi connectivity index (χ0v) is 18.3. The van der Waals surface area contributed by atoms with Gasteiger partial charge in [-0.05, 0) is 25.3 Å². The van der Waals surface area contributed by atoms with Crippen molar-refractivity contribution >= 4 is 40.2 Å². The van der Waals surface area contributed by atoms with Crippen LogP contribution < -0.4 is 16.0 Å². The summed E-state index contributed by atoms with van der Waals surface area (Å²) < 4.78 is 5.04. The molecule has 1 aromatic heterocycles. The molecule has 0 aliphatic rings. The van der Waals surface area contributed by atoms with Crippen molar-refractivity contribution in [2.24, 2.45) is 11.3 Å². The average Bonchev–Trinajstić information content (AvgIpc) is 2.84. The number of amides is 4. The number of aryl methyl sites for hydroxylation is 1. The molecular weight excluding hydrogens is 382 g/mol. The van der Waals surface area contributed by atoms with Crippen LogP contribution in [0, 0.1) is 25.2 Å². The smallest absolute Gasteiger partial charge is 0.341 e. The first-order valence-corrected chi connectivity index (χ1v) is 9.80. The fraction of sp³-hybridized carbons (Fsp3) is 0.579. The van der Waals surface area contributed by atoms with Crippen LogP contribution in [0.4, 0.5) is 9.80 Å². The number of nitrogens with one attached hydrogen (secondary N) is 3. The van der Waals surface area contributed by atoms with Crippen LogP contribution in [0.2, 0.25) is 0 Å². The Bertz CT molecular complexity index is 762. The molecule has 9 heteroatoms. The highest BCUT2D eigenvalue weighted by Crippen LogP contribution is 2.34. The van der Waals surface area contributed by atoms with Crippen molar-refractivity contribution in [2.45, 2.75) is 48.5 Å². The van der Waals surface area contributed by atoms with Crippen LogP contribution >= 0.6 is 11.3 Å². The third kappa shape index (κ3) is 6.95. The lowest BCUT2D eigenvalue weighted by Crippen LogP contribution is -2.42. The van der Waals surface area contributed by atoms with Crippen LogP contribution in [0.15, 0.2) is 0 Å². The van der Waals surface area contributed by atoms with E-state index in [0.717, 1.165) is 4.88 Å². The van der Waals surface area contributed by atoms with Crippen molar-refractivity contribution < 1.29 is 23.9 Å². The summed E-state index contributed by atoms with van der Waals surface area (Å²) in [5.41, 5.74) is 0.266. The number of hydrogen-bond donors (Lipinski definition) is 3. The molecule has 0 aromatic carbocycles. The molecule has 1 heterocycles. The first-order chi connectivity index (χ1) is 12.8.